The highest BCUT2D eigenvalue weighted by Gasteiger charge is 2.19. The molecule has 0 amide bonds. The first-order chi connectivity index (χ1) is 12.2. The maximum Gasteiger partial charge on any atom is 0.340 e. The molecule has 1 saturated heterocycles. The summed E-state index contributed by atoms with van der Waals surface area (Å²) < 4.78 is 23.3. The maximum atomic E-state index is 13.0. The van der Waals surface area contributed by atoms with E-state index in [9.17, 15) is 9.18 Å². The molecular formula is C19H21FN2O3. The summed E-state index contributed by atoms with van der Waals surface area (Å²) in [6.45, 7) is 3.31. The molecule has 0 unspecified atom stereocenters. The van der Waals surface area contributed by atoms with Crippen molar-refractivity contribution in [1.29, 1.82) is 0 Å². The van der Waals surface area contributed by atoms with E-state index in [1.54, 1.807) is 18.2 Å². The van der Waals surface area contributed by atoms with Gasteiger partial charge in [0.25, 0.3) is 0 Å². The normalized spacial score (nSPS) is 14.2. The molecule has 25 heavy (non-hydrogen) atoms. The molecule has 0 aromatic heterocycles. The number of benzene rings is 2. The van der Waals surface area contributed by atoms with Gasteiger partial charge in [-0.2, -0.15) is 0 Å². The Balaban J connectivity index is 1.78. The van der Waals surface area contributed by atoms with Gasteiger partial charge in [0.15, 0.2) is 0 Å². The molecule has 0 bridgehead atoms. The largest absolute Gasteiger partial charge is 0.465 e. The Kier molecular flexibility index (Phi) is 5.50. The summed E-state index contributed by atoms with van der Waals surface area (Å²) in [6.07, 6.45) is 0. The quantitative estimate of drug-likeness (QED) is 0.845. The van der Waals surface area contributed by atoms with Crippen LogP contribution in [-0.4, -0.2) is 39.4 Å². The standard InChI is InChI=1S/C19H21FN2O3/c1-24-19(23)17-12-16(21-13-14-2-4-15(20)5-3-14)6-7-18(17)22-8-10-25-11-9-22/h2-7,12,21H,8-11,13H2,1H3. The smallest absolute Gasteiger partial charge is 0.340 e. The van der Waals surface area contributed by atoms with Crippen LogP contribution in [0.25, 0.3) is 0 Å². The molecule has 1 aliphatic heterocycles. The van der Waals surface area contributed by atoms with Gasteiger partial charge in [0.1, 0.15) is 5.82 Å². The lowest BCUT2D eigenvalue weighted by Crippen LogP contribution is -2.37. The van der Waals surface area contributed by atoms with Gasteiger partial charge in [0, 0.05) is 25.3 Å². The second-order valence-corrected chi connectivity index (χ2v) is 5.80. The van der Waals surface area contributed by atoms with E-state index in [0.717, 1.165) is 30.0 Å². The van der Waals surface area contributed by atoms with E-state index in [1.807, 2.05) is 12.1 Å². The van der Waals surface area contributed by atoms with E-state index in [2.05, 4.69) is 10.2 Å². The Morgan fingerprint density at radius 1 is 1.20 bits per heavy atom. The topological polar surface area (TPSA) is 50.8 Å². The molecule has 132 valence electrons. The molecule has 0 saturated carbocycles. The van der Waals surface area contributed by atoms with Gasteiger partial charge in [-0.25, -0.2) is 9.18 Å². The Labute approximate surface area is 146 Å². The molecule has 0 aliphatic carbocycles. The molecular weight excluding hydrogens is 323 g/mol. The number of esters is 1. The second kappa shape index (κ2) is 7.98. The molecule has 3 rings (SSSR count). The zero-order chi connectivity index (χ0) is 17.6. The number of hydrogen-bond donors (Lipinski definition) is 1. The SMILES string of the molecule is COC(=O)c1cc(NCc2ccc(F)cc2)ccc1N1CCOCC1. The van der Waals surface area contributed by atoms with Crippen molar-refractivity contribution in [1.82, 2.24) is 0 Å². The van der Waals surface area contributed by atoms with Crippen LogP contribution in [-0.2, 0) is 16.0 Å². The first-order valence-corrected chi connectivity index (χ1v) is 8.21. The second-order valence-electron chi connectivity index (χ2n) is 5.80. The predicted molar refractivity (Wildman–Crippen MR) is 94.5 cm³/mol. The minimum absolute atomic E-state index is 0.258. The van der Waals surface area contributed by atoms with Crippen molar-refractivity contribution in [2.75, 3.05) is 43.6 Å². The van der Waals surface area contributed by atoms with Crippen LogP contribution in [0, 0.1) is 5.82 Å². The minimum Gasteiger partial charge on any atom is -0.465 e. The molecule has 1 heterocycles. The van der Waals surface area contributed by atoms with Crippen molar-refractivity contribution in [3.8, 4) is 0 Å². The molecule has 1 fully saturated rings. The summed E-state index contributed by atoms with van der Waals surface area (Å²) in [5.41, 5.74) is 3.14. The lowest BCUT2D eigenvalue weighted by Gasteiger charge is -2.30. The van der Waals surface area contributed by atoms with Crippen LogP contribution in [0.2, 0.25) is 0 Å². The maximum absolute atomic E-state index is 13.0. The van der Waals surface area contributed by atoms with Crippen LogP contribution >= 0.6 is 0 Å². The van der Waals surface area contributed by atoms with Gasteiger partial charge in [-0.3, -0.25) is 0 Å². The summed E-state index contributed by atoms with van der Waals surface area (Å²) >= 11 is 0. The van der Waals surface area contributed by atoms with E-state index < -0.39 is 0 Å². The molecule has 2 aromatic carbocycles. The summed E-state index contributed by atoms with van der Waals surface area (Å²) in [4.78, 5) is 14.3. The number of carbonyl (C=O) groups excluding carboxylic acids is 1. The lowest BCUT2D eigenvalue weighted by atomic mass is 10.1. The van der Waals surface area contributed by atoms with Crippen molar-refractivity contribution < 1.29 is 18.7 Å². The molecule has 0 spiro atoms. The van der Waals surface area contributed by atoms with Crippen molar-refractivity contribution in [2.45, 2.75) is 6.54 Å². The summed E-state index contributed by atoms with van der Waals surface area (Å²) in [6, 6.07) is 12.0. The van der Waals surface area contributed by atoms with Gasteiger partial charge in [-0.15, -0.1) is 0 Å². The molecule has 0 radical (unpaired) electrons. The average Bonchev–Trinajstić information content (AvgIpc) is 2.67. The fraction of sp³-hybridized carbons (Fsp3) is 0.316. The number of ether oxygens (including phenoxy) is 2. The van der Waals surface area contributed by atoms with Crippen LogP contribution in [0.3, 0.4) is 0 Å². The van der Waals surface area contributed by atoms with Crippen molar-refractivity contribution >= 4 is 17.3 Å². The summed E-state index contributed by atoms with van der Waals surface area (Å²) in [5, 5.41) is 3.26. The zero-order valence-electron chi connectivity index (χ0n) is 14.1. The number of carbonyl (C=O) groups is 1. The Bertz CT molecular complexity index is 728. The number of morpholine rings is 1. The van der Waals surface area contributed by atoms with E-state index in [0.29, 0.717) is 25.3 Å². The van der Waals surface area contributed by atoms with Gasteiger partial charge in [-0.1, -0.05) is 12.1 Å². The van der Waals surface area contributed by atoms with E-state index >= 15 is 0 Å². The van der Waals surface area contributed by atoms with Crippen LogP contribution in [0.5, 0.6) is 0 Å². The third-order valence-electron chi connectivity index (χ3n) is 4.16. The molecule has 1 N–H and O–H groups in total. The first kappa shape index (κ1) is 17.2. The number of halogens is 1. The molecule has 5 nitrogen and oxygen atoms in total. The van der Waals surface area contributed by atoms with E-state index in [-0.39, 0.29) is 11.8 Å². The zero-order valence-corrected chi connectivity index (χ0v) is 14.1. The number of nitrogens with one attached hydrogen (secondary N) is 1. The molecule has 2 aromatic rings. The monoisotopic (exact) mass is 344 g/mol. The molecule has 6 heteroatoms. The van der Waals surface area contributed by atoms with Gasteiger partial charge >= 0.3 is 5.97 Å². The molecule has 0 atom stereocenters. The Morgan fingerprint density at radius 3 is 2.60 bits per heavy atom. The highest BCUT2D eigenvalue weighted by Crippen LogP contribution is 2.26. The van der Waals surface area contributed by atoms with Crippen LogP contribution < -0.4 is 10.2 Å². The average molecular weight is 344 g/mol. The number of hydrogen-bond acceptors (Lipinski definition) is 5. The van der Waals surface area contributed by atoms with Crippen LogP contribution in [0.4, 0.5) is 15.8 Å². The fourth-order valence-corrected chi connectivity index (χ4v) is 2.81. The van der Waals surface area contributed by atoms with Crippen molar-refractivity contribution in [3.63, 3.8) is 0 Å². The third-order valence-corrected chi connectivity index (χ3v) is 4.16. The van der Waals surface area contributed by atoms with E-state index in [4.69, 9.17) is 9.47 Å². The number of rotatable bonds is 5. The minimum atomic E-state index is -0.369. The van der Waals surface area contributed by atoms with E-state index in [1.165, 1.54) is 19.2 Å². The molecule has 1 aliphatic rings. The van der Waals surface area contributed by atoms with Crippen molar-refractivity contribution in [2.24, 2.45) is 0 Å². The summed E-state index contributed by atoms with van der Waals surface area (Å²) in [5.74, 6) is -0.626. The van der Waals surface area contributed by atoms with Gasteiger partial charge in [0.05, 0.1) is 31.6 Å². The van der Waals surface area contributed by atoms with Crippen molar-refractivity contribution in [3.05, 3.63) is 59.4 Å². The predicted octanol–water partition coefficient (Wildman–Crippen LogP) is 3.06. The van der Waals surface area contributed by atoms with Crippen LogP contribution in [0.1, 0.15) is 15.9 Å². The number of anilines is 2. The van der Waals surface area contributed by atoms with Gasteiger partial charge < -0.3 is 19.7 Å². The van der Waals surface area contributed by atoms with Crippen LogP contribution in [0.15, 0.2) is 42.5 Å². The highest BCUT2D eigenvalue weighted by molar-refractivity contribution is 5.97. The Hall–Kier alpha value is -2.60. The first-order valence-electron chi connectivity index (χ1n) is 8.21. The number of methoxy groups -OCH3 is 1. The summed E-state index contributed by atoms with van der Waals surface area (Å²) in [7, 11) is 1.38. The van der Waals surface area contributed by atoms with Gasteiger partial charge in [-0.05, 0) is 35.9 Å². The van der Waals surface area contributed by atoms with Gasteiger partial charge in [0.2, 0.25) is 0 Å². The third kappa shape index (κ3) is 4.28. The Morgan fingerprint density at radius 2 is 1.92 bits per heavy atom. The number of nitrogens with zero attached hydrogens (tertiary/aromatic N) is 1. The fourth-order valence-electron chi connectivity index (χ4n) is 2.81. The lowest BCUT2D eigenvalue weighted by molar-refractivity contribution is 0.0600. The highest BCUT2D eigenvalue weighted by atomic mass is 19.1.